The van der Waals surface area contributed by atoms with E-state index in [1.54, 1.807) is 0 Å². The maximum Gasteiger partial charge on any atom is 0.140 e. The number of carbonyl (C=O) groups is 1. The van der Waals surface area contributed by atoms with Gasteiger partial charge in [-0.2, -0.15) is 0 Å². The van der Waals surface area contributed by atoms with Gasteiger partial charge in [-0.1, -0.05) is 34.5 Å². The van der Waals surface area contributed by atoms with E-state index in [4.69, 9.17) is 0 Å². The third kappa shape index (κ3) is 2.33. The Bertz CT molecular complexity index is 423. The van der Waals surface area contributed by atoms with E-state index in [0.29, 0.717) is 24.0 Å². The summed E-state index contributed by atoms with van der Waals surface area (Å²) >= 11 is 3.42. The van der Waals surface area contributed by atoms with Gasteiger partial charge in [-0.05, 0) is 48.8 Å². The summed E-state index contributed by atoms with van der Waals surface area (Å²) in [6, 6.07) is 8.14. The fraction of sp³-hybridized carbons (Fsp3) is 0.533. The van der Waals surface area contributed by atoms with Crippen LogP contribution in [0.1, 0.15) is 31.2 Å². The molecule has 1 nitrogen and oxygen atoms in total. The van der Waals surface area contributed by atoms with Crippen molar-refractivity contribution in [3.63, 3.8) is 0 Å². The Morgan fingerprint density at radius 2 is 1.94 bits per heavy atom. The Balaban J connectivity index is 1.65. The van der Waals surface area contributed by atoms with Crippen LogP contribution in [0, 0.1) is 17.8 Å². The molecule has 17 heavy (non-hydrogen) atoms. The topological polar surface area (TPSA) is 17.1 Å². The number of carbonyl (C=O) groups excluding carboxylic acids is 1. The van der Waals surface area contributed by atoms with Gasteiger partial charge in [0.25, 0.3) is 0 Å². The van der Waals surface area contributed by atoms with E-state index in [2.05, 4.69) is 28.1 Å². The maximum atomic E-state index is 12.3. The molecule has 2 saturated carbocycles. The van der Waals surface area contributed by atoms with Crippen molar-refractivity contribution in [3.05, 3.63) is 34.3 Å². The van der Waals surface area contributed by atoms with Crippen molar-refractivity contribution in [2.45, 2.75) is 32.1 Å². The lowest BCUT2D eigenvalue weighted by molar-refractivity contribution is -0.123. The van der Waals surface area contributed by atoms with Crippen molar-refractivity contribution >= 4 is 21.7 Å². The van der Waals surface area contributed by atoms with Crippen LogP contribution < -0.4 is 0 Å². The molecule has 0 radical (unpaired) electrons. The first-order valence-electron chi connectivity index (χ1n) is 6.49. The van der Waals surface area contributed by atoms with Gasteiger partial charge >= 0.3 is 0 Å². The second-order valence-electron chi connectivity index (χ2n) is 5.55. The smallest absolute Gasteiger partial charge is 0.140 e. The van der Waals surface area contributed by atoms with Crippen LogP contribution in [0.25, 0.3) is 0 Å². The summed E-state index contributed by atoms with van der Waals surface area (Å²) in [5.74, 6) is 2.42. The molecule has 3 unspecified atom stereocenters. The van der Waals surface area contributed by atoms with Crippen LogP contribution in [0.15, 0.2) is 28.7 Å². The Labute approximate surface area is 111 Å². The van der Waals surface area contributed by atoms with Crippen LogP contribution in [-0.4, -0.2) is 5.78 Å². The highest BCUT2D eigenvalue weighted by Crippen LogP contribution is 2.48. The molecular weight excluding hydrogens is 276 g/mol. The normalized spacial score (nSPS) is 30.8. The highest BCUT2D eigenvalue weighted by atomic mass is 79.9. The van der Waals surface area contributed by atoms with Gasteiger partial charge in [-0.25, -0.2) is 0 Å². The summed E-state index contributed by atoms with van der Waals surface area (Å²) in [5, 5.41) is 0. The van der Waals surface area contributed by atoms with Crippen molar-refractivity contribution in [1.29, 1.82) is 0 Å². The Morgan fingerprint density at radius 1 is 1.18 bits per heavy atom. The molecule has 0 spiro atoms. The monoisotopic (exact) mass is 292 g/mol. The van der Waals surface area contributed by atoms with Crippen molar-refractivity contribution in [2.75, 3.05) is 0 Å². The molecule has 2 aliphatic rings. The van der Waals surface area contributed by atoms with Crippen LogP contribution in [0.2, 0.25) is 0 Å². The highest BCUT2D eigenvalue weighted by Gasteiger charge is 2.42. The molecule has 0 aromatic heterocycles. The molecular formula is C15H17BrO. The Hall–Kier alpha value is -0.630. The minimum atomic E-state index is 0.373. The largest absolute Gasteiger partial charge is 0.299 e. The first-order chi connectivity index (χ1) is 8.22. The average Bonchev–Trinajstić information content (AvgIpc) is 2.94. The lowest BCUT2D eigenvalue weighted by Crippen LogP contribution is -2.22. The molecule has 2 heteroatoms. The Kier molecular flexibility index (Phi) is 3.08. The first kappa shape index (κ1) is 11.5. The van der Waals surface area contributed by atoms with E-state index in [1.165, 1.54) is 25.7 Å². The van der Waals surface area contributed by atoms with Crippen LogP contribution >= 0.6 is 15.9 Å². The SMILES string of the molecule is O=C(Cc1ccc(Br)cc1)C1CC2CCC1C2. The fourth-order valence-electron chi connectivity index (χ4n) is 3.57. The number of fused-ring (bicyclic) bond motifs is 2. The van der Waals surface area contributed by atoms with E-state index < -0.39 is 0 Å². The van der Waals surface area contributed by atoms with E-state index in [1.807, 2.05) is 12.1 Å². The van der Waals surface area contributed by atoms with Gasteiger partial charge in [0.1, 0.15) is 5.78 Å². The molecule has 0 N–H and O–H groups in total. The maximum absolute atomic E-state index is 12.3. The summed E-state index contributed by atoms with van der Waals surface area (Å²) in [7, 11) is 0. The number of rotatable bonds is 3. The molecule has 0 saturated heterocycles. The number of halogens is 1. The number of hydrogen-bond acceptors (Lipinski definition) is 1. The second-order valence-corrected chi connectivity index (χ2v) is 6.47. The molecule has 0 amide bonds. The molecule has 1 aromatic carbocycles. The summed E-state index contributed by atoms with van der Waals surface area (Å²) in [6.07, 6.45) is 5.77. The van der Waals surface area contributed by atoms with Gasteiger partial charge in [-0.15, -0.1) is 0 Å². The van der Waals surface area contributed by atoms with Gasteiger partial charge in [0.05, 0.1) is 0 Å². The number of benzene rings is 1. The Morgan fingerprint density at radius 3 is 2.53 bits per heavy atom. The van der Waals surface area contributed by atoms with Crippen LogP contribution in [0.3, 0.4) is 0 Å². The third-order valence-electron chi connectivity index (χ3n) is 4.44. The third-order valence-corrected chi connectivity index (χ3v) is 4.97. The second kappa shape index (κ2) is 4.56. The summed E-state index contributed by atoms with van der Waals surface area (Å²) in [6.45, 7) is 0. The van der Waals surface area contributed by atoms with E-state index in [-0.39, 0.29) is 0 Å². The summed E-state index contributed by atoms with van der Waals surface area (Å²) in [5.41, 5.74) is 1.15. The molecule has 2 bridgehead atoms. The van der Waals surface area contributed by atoms with Crippen molar-refractivity contribution in [1.82, 2.24) is 0 Å². The quantitative estimate of drug-likeness (QED) is 0.823. The lowest BCUT2D eigenvalue weighted by atomic mass is 9.84. The fourth-order valence-corrected chi connectivity index (χ4v) is 3.84. The van der Waals surface area contributed by atoms with Gasteiger partial charge < -0.3 is 0 Å². The predicted molar refractivity (Wildman–Crippen MR) is 71.8 cm³/mol. The minimum absolute atomic E-state index is 0.373. The van der Waals surface area contributed by atoms with Gasteiger partial charge in [0.2, 0.25) is 0 Å². The van der Waals surface area contributed by atoms with Crippen molar-refractivity contribution < 1.29 is 4.79 Å². The molecule has 0 aliphatic heterocycles. The van der Waals surface area contributed by atoms with E-state index in [9.17, 15) is 4.79 Å². The van der Waals surface area contributed by atoms with Crippen LogP contribution in [-0.2, 0) is 11.2 Å². The molecule has 0 heterocycles. The molecule has 2 fully saturated rings. The standard InChI is InChI=1S/C15H17BrO/c16-13-5-2-10(3-6-13)9-15(17)14-8-11-1-4-12(14)7-11/h2-3,5-6,11-12,14H,1,4,7-9H2. The number of ketones is 1. The molecule has 3 atom stereocenters. The molecule has 90 valence electrons. The first-order valence-corrected chi connectivity index (χ1v) is 7.29. The highest BCUT2D eigenvalue weighted by molar-refractivity contribution is 9.10. The molecule has 2 aliphatic carbocycles. The number of hydrogen-bond donors (Lipinski definition) is 0. The zero-order chi connectivity index (χ0) is 11.8. The predicted octanol–water partition coefficient (Wildman–Crippen LogP) is 4.00. The van der Waals surface area contributed by atoms with Crippen molar-refractivity contribution in [2.24, 2.45) is 17.8 Å². The van der Waals surface area contributed by atoms with Crippen molar-refractivity contribution in [3.8, 4) is 0 Å². The average molecular weight is 293 g/mol. The van der Waals surface area contributed by atoms with E-state index in [0.717, 1.165) is 16.0 Å². The number of Topliss-reactive ketones (excluding diaryl/α,β-unsaturated/α-hetero) is 1. The minimum Gasteiger partial charge on any atom is -0.299 e. The molecule has 1 aromatic rings. The molecule has 3 rings (SSSR count). The summed E-state index contributed by atoms with van der Waals surface area (Å²) in [4.78, 5) is 12.3. The zero-order valence-corrected chi connectivity index (χ0v) is 11.4. The van der Waals surface area contributed by atoms with Crippen LogP contribution in [0.4, 0.5) is 0 Å². The summed E-state index contributed by atoms with van der Waals surface area (Å²) < 4.78 is 1.08. The van der Waals surface area contributed by atoms with Crippen LogP contribution in [0.5, 0.6) is 0 Å². The van der Waals surface area contributed by atoms with E-state index >= 15 is 0 Å². The lowest BCUT2D eigenvalue weighted by Gasteiger charge is -2.20. The van der Waals surface area contributed by atoms with Gasteiger partial charge in [0, 0.05) is 16.8 Å². The van der Waals surface area contributed by atoms with Gasteiger partial charge in [0.15, 0.2) is 0 Å². The zero-order valence-electron chi connectivity index (χ0n) is 9.86. The van der Waals surface area contributed by atoms with Gasteiger partial charge in [-0.3, -0.25) is 4.79 Å².